The Morgan fingerprint density at radius 2 is 2.00 bits per heavy atom. The van der Waals surface area contributed by atoms with Crippen molar-refractivity contribution >= 4 is 28.1 Å². The van der Waals surface area contributed by atoms with Crippen LogP contribution in [0.5, 0.6) is 5.75 Å². The average molecular weight is 404 g/mol. The van der Waals surface area contributed by atoms with Crippen LogP contribution in [0.15, 0.2) is 29.6 Å². The maximum Gasteiger partial charge on any atom is 0.269 e. The highest BCUT2D eigenvalue weighted by Gasteiger charge is 2.22. The number of piperidine rings is 1. The fourth-order valence-electron chi connectivity index (χ4n) is 3.56. The Morgan fingerprint density at radius 3 is 2.64 bits per heavy atom. The molecular formula is C19H24N4O4S. The summed E-state index contributed by atoms with van der Waals surface area (Å²) in [5.41, 5.74) is 0.933. The maximum atomic E-state index is 12.1. The molecule has 1 aliphatic heterocycles. The molecule has 1 fully saturated rings. The van der Waals surface area contributed by atoms with E-state index in [1.54, 1.807) is 0 Å². The number of hydrogen-bond donors (Lipinski definition) is 1. The van der Waals surface area contributed by atoms with E-state index < -0.39 is 4.92 Å². The number of carbonyl (C=O) groups is 1. The van der Waals surface area contributed by atoms with Crippen LogP contribution in [0.4, 0.5) is 10.8 Å². The Hall–Kier alpha value is -2.52. The van der Waals surface area contributed by atoms with Gasteiger partial charge in [-0.25, -0.2) is 4.98 Å². The zero-order chi connectivity index (χ0) is 20.1. The van der Waals surface area contributed by atoms with E-state index in [9.17, 15) is 14.9 Å². The number of non-ortho nitro benzene ring substituents is 1. The van der Waals surface area contributed by atoms with Crippen LogP contribution >= 0.6 is 11.3 Å². The van der Waals surface area contributed by atoms with Gasteiger partial charge in [-0.3, -0.25) is 25.1 Å². The second-order valence-electron chi connectivity index (χ2n) is 7.37. The molecule has 2 unspecified atom stereocenters. The minimum Gasteiger partial charge on any atom is -0.484 e. The van der Waals surface area contributed by atoms with Gasteiger partial charge in [-0.15, -0.1) is 11.3 Å². The molecule has 1 saturated heterocycles. The molecule has 0 aliphatic carbocycles. The van der Waals surface area contributed by atoms with E-state index in [1.807, 2.05) is 5.38 Å². The van der Waals surface area contributed by atoms with Gasteiger partial charge in [0, 0.05) is 37.1 Å². The van der Waals surface area contributed by atoms with Crippen molar-refractivity contribution in [3.05, 3.63) is 45.5 Å². The first kappa shape index (κ1) is 20.2. The van der Waals surface area contributed by atoms with Crippen molar-refractivity contribution < 1.29 is 14.5 Å². The largest absolute Gasteiger partial charge is 0.484 e. The third-order valence-electron chi connectivity index (χ3n) is 4.55. The number of likely N-dealkylation sites (tertiary alicyclic amines) is 1. The molecule has 0 radical (unpaired) electrons. The SMILES string of the molecule is CC1CC(C)CN(Cc2csc(NC(=O)COc3ccc([N+](=O)[O-])cc3)n2)C1. The lowest BCUT2D eigenvalue weighted by Crippen LogP contribution is -2.38. The van der Waals surface area contributed by atoms with Crippen molar-refractivity contribution in [2.75, 3.05) is 25.0 Å². The van der Waals surface area contributed by atoms with Crippen LogP contribution in [0.3, 0.4) is 0 Å². The summed E-state index contributed by atoms with van der Waals surface area (Å²) in [5, 5.41) is 15.9. The van der Waals surface area contributed by atoms with E-state index in [-0.39, 0.29) is 18.2 Å². The lowest BCUT2D eigenvalue weighted by Gasteiger charge is -2.34. The van der Waals surface area contributed by atoms with Gasteiger partial charge in [0.05, 0.1) is 10.6 Å². The van der Waals surface area contributed by atoms with Crippen LogP contribution in [0, 0.1) is 22.0 Å². The predicted octanol–water partition coefficient (Wildman–Crippen LogP) is 3.55. The lowest BCUT2D eigenvalue weighted by molar-refractivity contribution is -0.384. The van der Waals surface area contributed by atoms with Gasteiger partial charge < -0.3 is 4.74 Å². The van der Waals surface area contributed by atoms with Gasteiger partial charge in [-0.2, -0.15) is 0 Å². The third-order valence-corrected chi connectivity index (χ3v) is 5.35. The van der Waals surface area contributed by atoms with E-state index in [0.717, 1.165) is 25.3 Å². The summed E-state index contributed by atoms with van der Waals surface area (Å²) in [4.78, 5) is 29.1. The molecule has 3 rings (SSSR count). The number of hydrogen-bond acceptors (Lipinski definition) is 7. The van der Waals surface area contributed by atoms with Gasteiger partial charge in [-0.05, 0) is 30.4 Å². The quantitative estimate of drug-likeness (QED) is 0.560. The maximum absolute atomic E-state index is 12.1. The van der Waals surface area contributed by atoms with E-state index in [0.29, 0.717) is 22.7 Å². The first-order chi connectivity index (χ1) is 13.4. The van der Waals surface area contributed by atoms with Crippen molar-refractivity contribution in [3.8, 4) is 5.75 Å². The van der Waals surface area contributed by atoms with Crippen LogP contribution < -0.4 is 10.1 Å². The van der Waals surface area contributed by atoms with Gasteiger partial charge in [0.2, 0.25) is 0 Å². The van der Waals surface area contributed by atoms with E-state index in [1.165, 1.54) is 42.0 Å². The second-order valence-corrected chi connectivity index (χ2v) is 8.23. The van der Waals surface area contributed by atoms with E-state index >= 15 is 0 Å². The number of nitrogens with one attached hydrogen (secondary N) is 1. The highest BCUT2D eigenvalue weighted by Crippen LogP contribution is 2.24. The number of ether oxygens (including phenoxy) is 1. The second kappa shape index (κ2) is 9.11. The summed E-state index contributed by atoms with van der Waals surface area (Å²) in [5.74, 6) is 1.46. The highest BCUT2D eigenvalue weighted by molar-refractivity contribution is 7.13. The van der Waals surface area contributed by atoms with Crippen LogP contribution in [0.2, 0.25) is 0 Å². The molecule has 2 aromatic rings. The minimum atomic E-state index is -0.484. The van der Waals surface area contributed by atoms with E-state index in [2.05, 4.69) is 29.0 Å². The molecule has 1 aromatic heterocycles. The fourth-order valence-corrected chi connectivity index (χ4v) is 4.27. The van der Waals surface area contributed by atoms with Crippen molar-refractivity contribution in [3.63, 3.8) is 0 Å². The lowest BCUT2D eigenvalue weighted by atomic mass is 9.92. The summed E-state index contributed by atoms with van der Waals surface area (Å²) < 4.78 is 5.36. The normalized spacial score (nSPS) is 19.9. The molecule has 0 spiro atoms. The summed E-state index contributed by atoms with van der Waals surface area (Å²) in [6, 6.07) is 5.60. The Morgan fingerprint density at radius 1 is 1.32 bits per heavy atom. The molecule has 1 aliphatic rings. The standard InChI is InChI=1S/C19H24N4O4S/c1-13-7-14(2)9-22(8-13)10-15-12-28-19(20-15)21-18(24)11-27-17-5-3-16(4-6-17)23(25)26/h3-6,12-14H,7-11H2,1-2H3,(H,20,21,24). The Balaban J connectivity index is 1.46. The molecule has 9 heteroatoms. The first-order valence-electron chi connectivity index (χ1n) is 9.23. The molecule has 2 atom stereocenters. The topological polar surface area (TPSA) is 97.6 Å². The number of rotatable bonds is 7. The average Bonchev–Trinajstić information content (AvgIpc) is 3.06. The number of nitrogens with zero attached hydrogens (tertiary/aromatic N) is 3. The molecule has 28 heavy (non-hydrogen) atoms. The molecule has 8 nitrogen and oxygen atoms in total. The number of amides is 1. The Bertz CT molecular complexity index is 814. The van der Waals surface area contributed by atoms with E-state index in [4.69, 9.17) is 4.74 Å². The van der Waals surface area contributed by atoms with Crippen molar-refractivity contribution in [2.45, 2.75) is 26.8 Å². The molecule has 150 valence electrons. The molecule has 1 amide bonds. The van der Waals surface area contributed by atoms with Gasteiger partial charge in [0.1, 0.15) is 5.75 Å². The Labute approximate surface area is 167 Å². The molecular weight excluding hydrogens is 380 g/mol. The number of benzene rings is 1. The smallest absolute Gasteiger partial charge is 0.269 e. The summed E-state index contributed by atoms with van der Waals surface area (Å²) in [6.07, 6.45) is 1.27. The zero-order valence-corrected chi connectivity index (χ0v) is 16.8. The van der Waals surface area contributed by atoms with Gasteiger partial charge >= 0.3 is 0 Å². The summed E-state index contributed by atoms with van der Waals surface area (Å²) in [6.45, 7) is 7.31. The first-order valence-corrected chi connectivity index (χ1v) is 10.1. The van der Waals surface area contributed by atoms with Crippen molar-refractivity contribution in [1.82, 2.24) is 9.88 Å². The highest BCUT2D eigenvalue weighted by atomic mass is 32.1. The molecule has 1 aromatic carbocycles. The number of anilines is 1. The van der Waals surface area contributed by atoms with Crippen molar-refractivity contribution in [2.24, 2.45) is 11.8 Å². The number of aromatic nitrogens is 1. The van der Waals surface area contributed by atoms with Crippen LogP contribution in [0.1, 0.15) is 26.0 Å². The monoisotopic (exact) mass is 404 g/mol. The number of nitro benzene ring substituents is 1. The van der Waals surface area contributed by atoms with Crippen LogP contribution in [0.25, 0.3) is 0 Å². The van der Waals surface area contributed by atoms with Gasteiger partial charge in [0.15, 0.2) is 11.7 Å². The molecule has 1 N–H and O–H groups in total. The number of thiazole rings is 1. The van der Waals surface area contributed by atoms with Gasteiger partial charge in [0.25, 0.3) is 11.6 Å². The van der Waals surface area contributed by atoms with Crippen LogP contribution in [-0.2, 0) is 11.3 Å². The van der Waals surface area contributed by atoms with Gasteiger partial charge in [-0.1, -0.05) is 13.8 Å². The Kier molecular flexibility index (Phi) is 6.58. The molecule has 0 bridgehead atoms. The minimum absolute atomic E-state index is 0.0235. The fraction of sp³-hybridized carbons (Fsp3) is 0.474. The number of carbonyl (C=O) groups excluding carboxylic acids is 1. The molecule has 2 heterocycles. The third kappa shape index (κ3) is 5.74. The van der Waals surface area contributed by atoms with Crippen LogP contribution in [-0.4, -0.2) is 40.4 Å². The number of nitro groups is 1. The predicted molar refractivity (Wildman–Crippen MR) is 108 cm³/mol. The zero-order valence-electron chi connectivity index (χ0n) is 16.0. The summed E-state index contributed by atoms with van der Waals surface area (Å²) in [7, 11) is 0. The summed E-state index contributed by atoms with van der Waals surface area (Å²) >= 11 is 1.39. The molecule has 0 saturated carbocycles. The van der Waals surface area contributed by atoms with Crippen molar-refractivity contribution in [1.29, 1.82) is 0 Å².